The van der Waals surface area contributed by atoms with Gasteiger partial charge >= 0.3 is 5.97 Å². The van der Waals surface area contributed by atoms with E-state index in [2.05, 4.69) is 31.2 Å². The Morgan fingerprint density at radius 2 is 2.09 bits per heavy atom. The summed E-state index contributed by atoms with van der Waals surface area (Å²) in [5, 5.41) is 11.9. The van der Waals surface area contributed by atoms with Gasteiger partial charge in [-0.25, -0.2) is 9.78 Å². The van der Waals surface area contributed by atoms with E-state index in [1.165, 1.54) is 6.20 Å². The molecule has 2 aromatic heterocycles. The molecular weight excluding hydrogens is 350 g/mol. The van der Waals surface area contributed by atoms with Crippen LogP contribution in [0.15, 0.2) is 29.0 Å². The molecule has 1 amide bonds. The lowest BCUT2D eigenvalue weighted by Crippen LogP contribution is -2.35. The van der Waals surface area contributed by atoms with E-state index in [1.54, 1.807) is 12.3 Å². The van der Waals surface area contributed by atoms with Crippen molar-refractivity contribution in [3.05, 3.63) is 51.4 Å². The van der Waals surface area contributed by atoms with Gasteiger partial charge in [0.1, 0.15) is 5.82 Å². The zero-order valence-electron chi connectivity index (χ0n) is 11.3. The molecule has 2 N–H and O–H groups in total. The molecule has 22 heavy (non-hydrogen) atoms. The monoisotopic (exact) mass is 359 g/mol. The van der Waals surface area contributed by atoms with E-state index in [0.29, 0.717) is 18.7 Å². The molecule has 0 radical (unpaired) electrons. The number of nitrogens with zero attached hydrogens (tertiary/aromatic N) is 2. The van der Waals surface area contributed by atoms with Gasteiger partial charge in [-0.05, 0) is 40.0 Å². The normalized spacial score (nSPS) is 21.6. The number of fused-ring (bicyclic) bond motifs is 3. The number of amides is 1. The number of halogens is 1. The van der Waals surface area contributed by atoms with Crippen molar-refractivity contribution in [2.24, 2.45) is 0 Å². The molecule has 0 saturated heterocycles. The molecule has 1 unspecified atom stereocenters. The van der Waals surface area contributed by atoms with E-state index in [9.17, 15) is 9.59 Å². The van der Waals surface area contributed by atoms with Crippen LogP contribution in [-0.2, 0) is 23.1 Å². The van der Waals surface area contributed by atoms with Gasteiger partial charge in [-0.2, -0.15) is 0 Å². The van der Waals surface area contributed by atoms with E-state index in [-0.39, 0.29) is 11.5 Å². The van der Waals surface area contributed by atoms with Crippen LogP contribution < -0.4 is 5.32 Å². The van der Waals surface area contributed by atoms with Crippen LogP contribution in [0.5, 0.6) is 0 Å². The fourth-order valence-electron chi connectivity index (χ4n) is 3.25. The number of carbonyl (C=O) groups excluding carboxylic acids is 1. The Morgan fingerprint density at radius 3 is 2.86 bits per heavy atom. The molecule has 0 saturated carbocycles. The first kappa shape index (κ1) is 13.4. The maximum atomic E-state index is 12.5. The van der Waals surface area contributed by atoms with Crippen molar-refractivity contribution < 1.29 is 14.7 Å². The van der Waals surface area contributed by atoms with E-state index < -0.39 is 11.4 Å². The molecule has 1 aliphatic heterocycles. The summed E-state index contributed by atoms with van der Waals surface area (Å²) in [6.45, 7) is 0. The van der Waals surface area contributed by atoms with Crippen molar-refractivity contribution in [1.29, 1.82) is 0 Å². The summed E-state index contributed by atoms with van der Waals surface area (Å²) in [6, 6.07) is 3.50. The van der Waals surface area contributed by atoms with Crippen LogP contribution in [0.1, 0.15) is 27.2 Å². The van der Waals surface area contributed by atoms with Crippen LogP contribution in [0, 0.1) is 0 Å². The zero-order chi connectivity index (χ0) is 15.5. The predicted octanol–water partition coefficient (Wildman–Crippen LogP) is 1.93. The maximum Gasteiger partial charge on any atom is 0.337 e. The van der Waals surface area contributed by atoms with Gasteiger partial charge in [-0.3, -0.25) is 9.78 Å². The van der Waals surface area contributed by atoms with Crippen LogP contribution >= 0.6 is 15.9 Å². The van der Waals surface area contributed by atoms with Crippen LogP contribution in [0.3, 0.4) is 0 Å². The van der Waals surface area contributed by atoms with Gasteiger partial charge in [-0.1, -0.05) is 0 Å². The van der Waals surface area contributed by atoms with E-state index >= 15 is 0 Å². The fraction of sp³-hybridized carbons (Fsp3) is 0.200. The van der Waals surface area contributed by atoms with Gasteiger partial charge in [0.25, 0.3) is 0 Å². The molecule has 4 rings (SSSR count). The number of rotatable bonds is 1. The number of aromatic nitrogens is 2. The lowest BCUT2D eigenvalue weighted by Gasteiger charge is -2.20. The molecule has 1 aliphatic carbocycles. The van der Waals surface area contributed by atoms with E-state index in [1.807, 2.05) is 6.07 Å². The second-order valence-corrected chi connectivity index (χ2v) is 6.49. The van der Waals surface area contributed by atoms with E-state index in [0.717, 1.165) is 21.3 Å². The quantitative estimate of drug-likeness (QED) is 0.811. The minimum atomic E-state index is -1.02. The summed E-state index contributed by atoms with van der Waals surface area (Å²) in [5.74, 6) is -0.556. The summed E-state index contributed by atoms with van der Waals surface area (Å²) in [5.41, 5.74) is 1.82. The molecule has 2 aliphatic rings. The minimum Gasteiger partial charge on any atom is -0.478 e. The molecule has 0 bridgehead atoms. The first-order chi connectivity index (χ1) is 10.5. The number of carboxylic acids is 1. The van der Waals surface area contributed by atoms with Crippen molar-refractivity contribution >= 4 is 33.6 Å². The summed E-state index contributed by atoms with van der Waals surface area (Å²) in [7, 11) is 0. The number of aromatic carboxylic acids is 1. The van der Waals surface area contributed by atoms with E-state index in [4.69, 9.17) is 5.11 Å². The third-order valence-corrected chi connectivity index (χ3v) is 4.74. The zero-order valence-corrected chi connectivity index (χ0v) is 12.8. The average molecular weight is 360 g/mol. The fourth-order valence-corrected chi connectivity index (χ4v) is 3.58. The number of anilines is 1. The number of hydrogen-bond acceptors (Lipinski definition) is 4. The molecule has 6 nitrogen and oxygen atoms in total. The molecule has 1 spiro atoms. The van der Waals surface area contributed by atoms with Crippen molar-refractivity contribution in [1.82, 2.24) is 9.97 Å². The summed E-state index contributed by atoms with van der Waals surface area (Å²) in [4.78, 5) is 32.1. The lowest BCUT2D eigenvalue weighted by molar-refractivity contribution is -0.120. The first-order valence-corrected chi connectivity index (χ1v) is 7.47. The highest BCUT2D eigenvalue weighted by Crippen LogP contribution is 2.46. The SMILES string of the molecule is O=C(O)c1cnc2c(c1)CC1(C2)C(=O)Nc2ncc(Br)cc21. The van der Waals surface area contributed by atoms with Crippen molar-refractivity contribution in [3.63, 3.8) is 0 Å². The number of carboxylic acid groups (broad SMARTS) is 1. The minimum absolute atomic E-state index is 0.108. The number of nitrogens with one attached hydrogen (secondary N) is 1. The van der Waals surface area contributed by atoms with Crippen molar-refractivity contribution in [3.8, 4) is 0 Å². The molecular formula is C15H10BrN3O3. The summed E-state index contributed by atoms with van der Waals surface area (Å²) in [6.07, 6.45) is 3.88. The average Bonchev–Trinajstić information content (AvgIpc) is 2.99. The van der Waals surface area contributed by atoms with Crippen LogP contribution in [-0.4, -0.2) is 27.0 Å². The largest absolute Gasteiger partial charge is 0.478 e. The maximum absolute atomic E-state index is 12.5. The Balaban J connectivity index is 1.84. The van der Waals surface area contributed by atoms with Gasteiger partial charge in [0, 0.05) is 34.5 Å². The van der Waals surface area contributed by atoms with Crippen LogP contribution in [0.4, 0.5) is 5.82 Å². The highest BCUT2D eigenvalue weighted by atomic mass is 79.9. The number of pyridine rings is 2. The highest BCUT2D eigenvalue weighted by molar-refractivity contribution is 9.10. The Hall–Kier alpha value is -2.28. The predicted molar refractivity (Wildman–Crippen MR) is 80.8 cm³/mol. The third kappa shape index (κ3) is 1.72. The second kappa shape index (κ2) is 4.36. The molecule has 1 atom stereocenters. The van der Waals surface area contributed by atoms with Gasteiger partial charge in [0.15, 0.2) is 0 Å². The summed E-state index contributed by atoms with van der Waals surface area (Å²) >= 11 is 3.39. The second-order valence-electron chi connectivity index (χ2n) is 5.57. The first-order valence-electron chi connectivity index (χ1n) is 6.68. The molecule has 0 aromatic carbocycles. The Morgan fingerprint density at radius 1 is 1.27 bits per heavy atom. The molecule has 3 heterocycles. The molecule has 2 aromatic rings. The molecule has 110 valence electrons. The summed E-state index contributed by atoms with van der Waals surface area (Å²) < 4.78 is 0.803. The topological polar surface area (TPSA) is 92.2 Å². The highest BCUT2D eigenvalue weighted by Gasteiger charge is 2.51. The van der Waals surface area contributed by atoms with Crippen molar-refractivity contribution in [2.45, 2.75) is 18.3 Å². The lowest BCUT2D eigenvalue weighted by atomic mass is 9.80. The van der Waals surface area contributed by atoms with Gasteiger partial charge in [0.05, 0.1) is 11.0 Å². The Kier molecular flexibility index (Phi) is 2.65. The Bertz CT molecular complexity index is 852. The van der Waals surface area contributed by atoms with Gasteiger partial charge in [-0.15, -0.1) is 0 Å². The van der Waals surface area contributed by atoms with Gasteiger partial charge in [0.2, 0.25) is 5.91 Å². The number of carbonyl (C=O) groups is 2. The smallest absolute Gasteiger partial charge is 0.337 e. The van der Waals surface area contributed by atoms with Crippen LogP contribution in [0.2, 0.25) is 0 Å². The van der Waals surface area contributed by atoms with Gasteiger partial charge < -0.3 is 10.4 Å². The number of hydrogen-bond donors (Lipinski definition) is 2. The standard InChI is InChI=1S/C15H10BrN3O3/c16-9-2-10-12(18-6-9)19-14(22)15(10)3-7-1-8(13(20)21)5-17-11(7)4-15/h1-2,5-6H,3-4H2,(H,20,21)(H,18,19,22). The molecule has 7 heteroatoms. The Labute approximate surface area is 133 Å². The molecule has 0 fully saturated rings. The third-order valence-electron chi connectivity index (χ3n) is 4.30. The van der Waals surface area contributed by atoms with Crippen molar-refractivity contribution in [2.75, 3.05) is 5.32 Å². The van der Waals surface area contributed by atoms with Crippen LogP contribution in [0.25, 0.3) is 0 Å².